The van der Waals surface area contributed by atoms with Crippen molar-refractivity contribution in [1.82, 2.24) is 5.32 Å². The van der Waals surface area contributed by atoms with E-state index in [2.05, 4.69) is 30.4 Å². The molecule has 0 amide bonds. The molecule has 0 unspecified atom stereocenters. The van der Waals surface area contributed by atoms with Gasteiger partial charge >= 0.3 is 0 Å². The molecule has 2 atom stereocenters. The predicted molar refractivity (Wildman–Crippen MR) is 64.6 cm³/mol. The highest BCUT2D eigenvalue weighted by Gasteiger charge is 2.30. The molecule has 16 heavy (non-hydrogen) atoms. The average molecular weight is 217 g/mol. The number of hydrogen-bond donors (Lipinski definition) is 1. The van der Waals surface area contributed by atoms with Gasteiger partial charge in [0.1, 0.15) is 0 Å². The number of ether oxygens (including phenoxy) is 1. The predicted octanol–water partition coefficient (Wildman–Crippen LogP) is 2.36. The van der Waals surface area contributed by atoms with E-state index >= 15 is 0 Å². The second-order valence-corrected chi connectivity index (χ2v) is 4.95. The summed E-state index contributed by atoms with van der Waals surface area (Å²) in [6.45, 7) is 4.01. The van der Waals surface area contributed by atoms with Crippen molar-refractivity contribution in [1.29, 1.82) is 0 Å². The lowest BCUT2D eigenvalue weighted by Crippen LogP contribution is -2.43. The Labute approximate surface area is 97.0 Å². The molecular weight excluding hydrogens is 198 g/mol. The third kappa shape index (κ3) is 1.76. The first kappa shape index (κ1) is 10.3. The van der Waals surface area contributed by atoms with Crippen molar-refractivity contribution in [3.8, 4) is 0 Å². The highest BCUT2D eigenvalue weighted by molar-refractivity contribution is 5.35. The number of nitrogens with one attached hydrogen (secondary N) is 1. The Kier molecular flexibility index (Phi) is 2.70. The summed E-state index contributed by atoms with van der Waals surface area (Å²) in [6, 6.07) is 7.34. The van der Waals surface area contributed by atoms with E-state index in [1.165, 1.54) is 36.0 Å². The SMILES string of the molecule is Cc1ccc2c(c1)[C@@H]1OCCN[C@H]1CCC2. The molecule has 3 rings (SSSR count). The van der Waals surface area contributed by atoms with Crippen LogP contribution in [0.2, 0.25) is 0 Å². The summed E-state index contributed by atoms with van der Waals surface area (Å²) in [6.07, 6.45) is 3.99. The fourth-order valence-corrected chi connectivity index (χ4v) is 2.93. The van der Waals surface area contributed by atoms with Gasteiger partial charge in [-0.05, 0) is 37.3 Å². The number of rotatable bonds is 0. The van der Waals surface area contributed by atoms with Gasteiger partial charge in [0.05, 0.1) is 12.7 Å². The first-order valence-electron chi connectivity index (χ1n) is 6.29. The van der Waals surface area contributed by atoms with E-state index < -0.39 is 0 Å². The molecule has 2 heteroatoms. The summed E-state index contributed by atoms with van der Waals surface area (Å²) in [7, 11) is 0. The van der Waals surface area contributed by atoms with Gasteiger partial charge in [0.15, 0.2) is 0 Å². The number of morpholine rings is 1. The van der Waals surface area contributed by atoms with Crippen LogP contribution in [-0.2, 0) is 11.2 Å². The average Bonchev–Trinajstić information content (AvgIpc) is 2.48. The van der Waals surface area contributed by atoms with E-state index in [0.717, 1.165) is 13.2 Å². The minimum atomic E-state index is 0.283. The topological polar surface area (TPSA) is 21.3 Å². The van der Waals surface area contributed by atoms with E-state index in [1.807, 2.05) is 0 Å². The molecule has 0 bridgehead atoms. The Bertz CT molecular complexity index is 388. The molecule has 2 nitrogen and oxygen atoms in total. The van der Waals surface area contributed by atoms with Gasteiger partial charge in [-0.15, -0.1) is 0 Å². The maximum Gasteiger partial charge on any atom is 0.0981 e. The maximum atomic E-state index is 5.98. The summed E-state index contributed by atoms with van der Waals surface area (Å²) in [5.41, 5.74) is 4.25. The molecule has 1 fully saturated rings. The van der Waals surface area contributed by atoms with Crippen molar-refractivity contribution < 1.29 is 4.74 Å². The summed E-state index contributed by atoms with van der Waals surface area (Å²) >= 11 is 0. The van der Waals surface area contributed by atoms with Crippen molar-refractivity contribution in [2.75, 3.05) is 13.2 Å². The monoisotopic (exact) mass is 217 g/mol. The molecule has 2 aliphatic rings. The Hall–Kier alpha value is -0.860. The van der Waals surface area contributed by atoms with Gasteiger partial charge in [0, 0.05) is 12.6 Å². The Morgan fingerprint density at radius 2 is 2.31 bits per heavy atom. The zero-order valence-electron chi connectivity index (χ0n) is 9.83. The first-order chi connectivity index (χ1) is 7.84. The number of fused-ring (bicyclic) bond motifs is 3. The second-order valence-electron chi connectivity index (χ2n) is 4.95. The maximum absolute atomic E-state index is 5.98. The van der Waals surface area contributed by atoms with Crippen LogP contribution in [0.15, 0.2) is 18.2 Å². The third-order valence-corrected chi connectivity index (χ3v) is 3.74. The third-order valence-electron chi connectivity index (χ3n) is 3.74. The molecule has 1 aliphatic carbocycles. The summed E-state index contributed by atoms with van der Waals surface area (Å²) < 4.78 is 5.98. The zero-order chi connectivity index (χ0) is 11.0. The molecule has 1 aliphatic heterocycles. The smallest absolute Gasteiger partial charge is 0.0981 e. The Balaban J connectivity index is 2.02. The molecule has 1 heterocycles. The van der Waals surface area contributed by atoms with Gasteiger partial charge in [-0.1, -0.05) is 23.8 Å². The van der Waals surface area contributed by atoms with Crippen LogP contribution < -0.4 is 5.32 Å². The highest BCUT2D eigenvalue weighted by Crippen LogP contribution is 2.33. The van der Waals surface area contributed by atoms with Crippen LogP contribution in [0.4, 0.5) is 0 Å². The van der Waals surface area contributed by atoms with E-state index in [-0.39, 0.29) is 6.10 Å². The van der Waals surface area contributed by atoms with Gasteiger partial charge in [-0.25, -0.2) is 0 Å². The van der Waals surface area contributed by atoms with Gasteiger partial charge < -0.3 is 10.1 Å². The summed E-state index contributed by atoms with van der Waals surface area (Å²) in [5, 5.41) is 3.60. The lowest BCUT2D eigenvalue weighted by Gasteiger charge is -2.32. The van der Waals surface area contributed by atoms with Crippen molar-refractivity contribution in [3.05, 3.63) is 34.9 Å². The molecule has 0 radical (unpaired) electrons. The van der Waals surface area contributed by atoms with Gasteiger partial charge in [-0.3, -0.25) is 0 Å². The molecule has 0 aromatic heterocycles. The fourth-order valence-electron chi connectivity index (χ4n) is 2.93. The van der Waals surface area contributed by atoms with E-state index in [9.17, 15) is 0 Å². The number of benzene rings is 1. The lowest BCUT2D eigenvalue weighted by atomic mass is 9.96. The zero-order valence-corrected chi connectivity index (χ0v) is 9.83. The first-order valence-corrected chi connectivity index (χ1v) is 6.29. The van der Waals surface area contributed by atoms with E-state index in [4.69, 9.17) is 4.74 Å². The Morgan fingerprint density at radius 3 is 3.25 bits per heavy atom. The quantitative estimate of drug-likeness (QED) is 0.720. The minimum absolute atomic E-state index is 0.283. The Morgan fingerprint density at radius 1 is 1.38 bits per heavy atom. The minimum Gasteiger partial charge on any atom is -0.371 e. The molecule has 1 aromatic carbocycles. The lowest BCUT2D eigenvalue weighted by molar-refractivity contribution is -0.00647. The molecule has 1 saturated heterocycles. The van der Waals surface area contributed by atoms with Gasteiger partial charge in [0.2, 0.25) is 0 Å². The van der Waals surface area contributed by atoms with Crippen molar-refractivity contribution in [2.24, 2.45) is 0 Å². The summed E-state index contributed by atoms with van der Waals surface area (Å²) in [4.78, 5) is 0. The normalized spacial score (nSPS) is 29.1. The number of hydrogen-bond acceptors (Lipinski definition) is 2. The molecule has 86 valence electrons. The standard InChI is InChI=1S/C14H19NO/c1-10-5-6-11-3-2-4-13-14(12(11)9-10)16-8-7-15-13/h5-6,9,13-15H,2-4,7-8H2,1H3/t13-,14-/m0/s1. The molecule has 1 aromatic rings. The van der Waals surface area contributed by atoms with Crippen molar-refractivity contribution in [3.63, 3.8) is 0 Å². The second kappa shape index (κ2) is 4.19. The van der Waals surface area contributed by atoms with Crippen LogP contribution in [0.1, 0.15) is 35.6 Å². The van der Waals surface area contributed by atoms with Crippen LogP contribution in [0, 0.1) is 6.92 Å². The molecule has 0 spiro atoms. The van der Waals surface area contributed by atoms with Gasteiger partial charge in [0.25, 0.3) is 0 Å². The fraction of sp³-hybridized carbons (Fsp3) is 0.571. The highest BCUT2D eigenvalue weighted by atomic mass is 16.5. The van der Waals surface area contributed by atoms with Crippen LogP contribution in [-0.4, -0.2) is 19.2 Å². The van der Waals surface area contributed by atoms with E-state index in [0.29, 0.717) is 6.04 Å². The van der Waals surface area contributed by atoms with Crippen molar-refractivity contribution >= 4 is 0 Å². The number of aryl methyl sites for hydroxylation is 2. The largest absolute Gasteiger partial charge is 0.371 e. The van der Waals surface area contributed by atoms with Crippen LogP contribution in [0.3, 0.4) is 0 Å². The van der Waals surface area contributed by atoms with E-state index in [1.54, 1.807) is 0 Å². The van der Waals surface area contributed by atoms with Crippen LogP contribution in [0.5, 0.6) is 0 Å². The molecular formula is C14H19NO. The molecule has 1 N–H and O–H groups in total. The summed E-state index contributed by atoms with van der Waals surface area (Å²) in [5.74, 6) is 0. The molecule has 0 saturated carbocycles. The van der Waals surface area contributed by atoms with Gasteiger partial charge in [-0.2, -0.15) is 0 Å². The van der Waals surface area contributed by atoms with Crippen molar-refractivity contribution in [2.45, 2.75) is 38.3 Å². The van der Waals surface area contributed by atoms with Crippen LogP contribution in [0.25, 0.3) is 0 Å². The van der Waals surface area contributed by atoms with Crippen LogP contribution >= 0.6 is 0 Å².